The number of benzene rings is 2. The van der Waals surface area contributed by atoms with Gasteiger partial charge < -0.3 is 15.3 Å². The second kappa shape index (κ2) is 11.8. The molecule has 0 saturated heterocycles. The highest BCUT2D eigenvalue weighted by atomic mass is 35.5. The zero-order chi connectivity index (χ0) is 19.2. The third-order valence-corrected chi connectivity index (χ3v) is 3.54. The molecule has 0 fully saturated rings. The minimum atomic E-state index is -3.67. The topological polar surface area (TPSA) is 102 Å². The highest BCUT2D eigenvalue weighted by Crippen LogP contribution is 2.28. The molecule has 0 aliphatic carbocycles. The summed E-state index contributed by atoms with van der Waals surface area (Å²) < 4.78 is 25.9. The van der Waals surface area contributed by atoms with Gasteiger partial charge in [0, 0.05) is 24.0 Å². The highest BCUT2D eigenvalue weighted by molar-refractivity contribution is 7.85. The molecule has 0 spiro atoms. The van der Waals surface area contributed by atoms with Gasteiger partial charge in [-0.15, -0.1) is 24.8 Å². The van der Waals surface area contributed by atoms with E-state index in [1.54, 1.807) is 12.1 Å². The number of nitrogens with one attached hydrogen (secondary N) is 1. The number of phenolic OH excluding ortho intramolecular Hbond substituents is 1. The molecule has 1 aliphatic rings. The van der Waals surface area contributed by atoms with Crippen LogP contribution in [0.1, 0.15) is 5.56 Å². The molecule has 0 saturated carbocycles. The summed E-state index contributed by atoms with van der Waals surface area (Å²) in [5.41, 5.74) is 3.27. The maximum absolute atomic E-state index is 9.74. The van der Waals surface area contributed by atoms with E-state index in [1.807, 2.05) is 12.1 Å². The summed E-state index contributed by atoms with van der Waals surface area (Å²) in [5, 5.41) is 13.0. The Hall–Kier alpha value is -2.00. The predicted molar refractivity (Wildman–Crippen MR) is 119 cm³/mol. The molecule has 3 rings (SSSR count). The lowest BCUT2D eigenvalue weighted by atomic mass is 10.2. The van der Waals surface area contributed by atoms with Crippen molar-refractivity contribution in [3.05, 3.63) is 54.1 Å². The normalized spacial score (nSPS) is 12.3. The van der Waals surface area contributed by atoms with Crippen molar-refractivity contribution in [2.75, 3.05) is 30.8 Å². The summed E-state index contributed by atoms with van der Waals surface area (Å²) in [6.45, 7) is 4.48. The van der Waals surface area contributed by atoms with E-state index in [2.05, 4.69) is 46.4 Å². The van der Waals surface area contributed by atoms with E-state index in [1.165, 1.54) is 5.56 Å². The number of halogens is 2. The van der Waals surface area contributed by atoms with E-state index < -0.39 is 10.1 Å². The molecule has 1 heterocycles. The molecular formula is C18H25Cl2N3O4S. The summed E-state index contributed by atoms with van der Waals surface area (Å²) in [5.74, 6) is 1.25. The van der Waals surface area contributed by atoms with Crippen molar-refractivity contribution >= 4 is 52.1 Å². The molecule has 1 aliphatic heterocycles. The Morgan fingerprint density at radius 2 is 1.71 bits per heavy atom. The zero-order valence-electron chi connectivity index (χ0n) is 15.6. The second-order valence-corrected chi connectivity index (χ2v) is 7.40. The summed E-state index contributed by atoms with van der Waals surface area (Å²) in [7, 11) is -3.67. The fourth-order valence-corrected chi connectivity index (χ4v) is 2.42. The first-order chi connectivity index (χ1) is 12.2. The maximum Gasteiger partial charge on any atom is 0.261 e. The Bertz CT molecular complexity index is 867. The zero-order valence-corrected chi connectivity index (χ0v) is 18.0. The molecule has 156 valence electrons. The second-order valence-electron chi connectivity index (χ2n) is 5.93. The van der Waals surface area contributed by atoms with Crippen molar-refractivity contribution in [3.63, 3.8) is 0 Å². The number of hydrogen-bond donors (Lipinski definition) is 3. The van der Waals surface area contributed by atoms with Gasteiger partial charge in [-0.1, -0.05) is 23.8 Å². The standard InChI is InChI=1S/C17H19N3O.CH4O3S.2ClH/c1-13-5-7-14(8-6-13)20(12-17-18-9-10-19-17)15-3-2-4-16(21)11-15;1-5(2,3)4;;/h2-8,11,21H,9-10,12H2,1H3,(H,18,19);1H3,(H,2,3,4);2*1H. The van der Waals surface area contributed by atoms with Crippen molar-refractivity contribution in [3.8, 4) is 5.75 Å². The van der Waals surface area contributed by atoms with E-state index in [4.69, 9.17) is 4.55 Å². The number of nitrogens with zero attached hydrogens (tertiary/aromatic N) is 2. The number of phenols is 1. The Labute approximate surface area is 178 Å². The van der Waals surface area contributed by atoms with Crippen LogP contribution in [0, 0.1) is 6.92 Å². The predicted octanol–water partition coefficient (Wildman–Crippen LogP) is 3.19. The third-order valence-electron chi connectivity index (χ3n) is 3.54. The molecule has 2 aromatic carbocycles. The van der Waals surface area contributed by atoms with Crippen LogP contribution in [0.2, 0.25) is 0 Å². The summed E-state index contributed by atoms with van der Waals surface area (Å²) in [4.78, 5) is 6.62. The molecule has 0 radical (unpaired) electrons. The van der Waals surface area contributed by atoms with Crippen LogP contribution in [-0.2, 0) is 10.1 Å². The SMILES string of the molecule is CS(=O)(=O)O.Cc1ccc(N(CC2=NCCN2)c2cccc(O)c2)cc1.Cl.Cl. The van der Waals surface area contributed by atoms with Crippen LogP contribution in [0.5, 0.6) is 5.75 Å². The quantitative estimate of drug-likeness (QED) is 0.619. The lowest BCUT2D eigenvalue weighted by molar-refractivity contribution is 0.475. The highest BCUT2D eigenvalue weighted by Gasteiger charge is 2.15. The Morgan fingerprint density at radius 3 is 2.21 bits per heavy atom. The number of aliphatic imine (C=N–C) groups is 1. The maximum atomic E-state index is 9.74. The number of hydrogen-bond acceptors (Lipinski definition) is 6. The lowest BCUT2D eigenvalue weighted by Crippen LogP contribution is -2.32. The summed E-state index contributed by atoms with van der Waals surface area (Å²) in [6, 6.07) is 15.7. The minimum Gasteiger partial charge on any atom is -0.508 e. The molecule has 0 aromatic heterocycles. The van der Waals surface area contributed by atoms with Crippen molar-refractivity contribution in [2.24, 2.45) is 4.99 Å². The van der Waals surface area contributed by atoms with E-state index >= 15 is 0 Å². The van der Waals surface area contributed by atoms with Crippen molar-refractivity contribution in [2.45, 2.75) is 6.92 Å². The summed E-state index contributed by atoms with van der Waals surface area (Å²) >= 11 is 0. The first-order valence-corrected chi connectivity index (χ1v) is 9.90. The van der Waals surface area contributed by atoms with Gasteiger partial charge in [-0.3, -0.25) is 9.55 Å². The molecule has 0 atom stereocenters. The van der Waals surface area contributed by atoms with Crippen molar-refractivity contribution < 1.29 is 18.1 Å². The van der Waals surface area contributed by atoms with Gasteiger partial charge in [0.05, 0.1) is 19.3 Å². The molecule has 0 amide bonds. The average molecular weight is 450 g/mol. The number of amidine groups is 1. The average Bonchev–Trinajstić information content (AvgIpc) is 3.05. The van der Waals surface area contributed by atoms with Gasteiger partial charge in [-0.2, -0.15) is 8.42 Å². The van der Waals surface area contributed by atoms with Crippen LogP contribution < -0.4 is 10.2 Å². The largest absolute Gasteiger partial charge is 0.508 e. The minimum absolute atomic E-state index is 0. The molecular weight excluding hydrogens is 425 g/mol. The molecule has 28 heavy (non-hydrogen) atoms. The number of anilines is 2. The monoisotopic (exact) mass is 449 g/mol. The molecule has 7 nitrogen and oxygen atoms in total. The van der Waals surface area contributed by atoms with Crippen LogP contribution in [0.25, 0.3) is 0 Å². The number of rotatable bonds is 4. The fourth-order valence-electron chi connectivity index (χ4n) is 2.42. The first kappa shape index (κ1) is 26.0. The molecule has 3 N–H and O–H groups in total. The van der Waals surface area contributed by atoms with Crippen LogP contribution in [-0.4, -0.2) is 49.8 Å². The number of aromatic hydroxyl groups is 1. The van der Waals surface area contributed by atoms with E-state index in [0.29, 0.717) is 12.8 Å². The van der Waals surface area contributed by atoms with E-state index in [-0.39, 0.29) is 30.6 Å². The van der Waals surface area contributed by atoms with E-state index in [9.17, 15) is 13.5 Å². The van der Waals surface area contributed by atoms with Crippen molar-refractivity contribution in [1.82, 2.24) is 5.32 Å². The van der Waals surface area contributed by atoms with Gasteiger partial charge in [0.15, 0.2) is 0 Å². The Balaban J connectivity index is 0.000000934. The van der Waals surface area contributed by atoms with Crippen LogP contribution >= 0.6 is 24.8 Å². The first-order valence-electron chi connectivity index (χ1n) is 8.05. The molecule has 10 heteroatoms. The van der Waals surface area contributed by atoms with Gasteiger partial charge in [-0.25, -0.2) is 0 Å². The van der Waals surface area contributed by atoms with Gasteiger partial charge in [-0.05, 0) is 31.2 Å². The van der Waals surface area contributed by atoms with E-state index in [0.717, 1.165) is 30.3 Å². The Kier molecular flexibility index (Phi) is 10.9. The fraction of sp³-hybridized carbons (Fsp3) is 0.278. The van der Waals surface area contributed by atoms with Gasteiger partial charge in [0.25, 0.3) is 10.1 Å². The molecule has 0 unspecified atom stereocenters. The Morgan fingerprint density at radius 1 is 1.11 bits per heavy atom. The van der Waals surface area contributed by atoms with Crippen LogP contribution in [0.4, 0.5) is 11.4 Å². The summed E-state index contributed by atoms with van der Waals surface area (Å²) in [6.07, 6.45) is 0.715. The van der Waals surface area contributed by atoms with Gasteiger partial charge >= 0.3 is 0 Å². The van der Waals surface area contributed by atoms with Crippen LogP contribution in [0.3, 0.4) is 0 Å². The molecule has 0 bridgehead atoms. The van der Waals surface area contributed by atoms with Gasteiger partial charge in [0.2, 0.25) is 0 Å². The molecule has 2 aromatic rings. The smallest absolute Gasteiger partial charge is 0.261 e. The van der Waals surface area contributed by atoms with Crippen LogP contribution in [0.15, 0.2) is 53.5 Å². The third kappa shape index (κ3) is 9.27. The lowest BCUT2D eigenvalue weighted by Gasteiger charge is -2.25. The van der Waals surface area contributed by atoms with Crippen molar-refractivity contribution in [1.29, 1.82) is 0 Å². The number of aryl methyl sites for hydroxylation is 1. The van der Waals surface area contributed by atoms with Gasteiger partial charge in [0.1, 0.15) is 11.6 Å².